The number of hydrazine groups is 1. The Morgan fingerprint density at radius 2 is 2.12 bits per heavy atom. The Morgan fingerprint density at radius 3 is 2.59 bits per heavy atom. The molecule has 0 aliphatic heterocycles. The van der Waals surface area contributed by atoms with Crippen LogP contribution in [0.3, 0.4) is 0 Å². The normalized spacial score (nSPS) is 10.9. The number of nitrogens with two attached hydrogens (primary N) is 1. The van der Waals surface area contributed by atoms with Crippen molar-refractivity contribution in [2.75, 3.05) is 7.11 Å². The van der Waals surface area contributed by atoms with E-state index in [1.54, 1.807) is 13.0 Å². The number of methoxy groups -OCH3 is 1. The molecular weight excluding hydrogens is 262 g/mol. The van der Waals surface area contributed by atoms with Crippen LogP contribution in [0.4, 0.5) is 0 Å². The predicted octanol–water partition coefficient (Wildman–Crippen LogP) is 0.0301. The van der Waals surface area contributed by atoms with E-state index in [1.165, 1.54) is 19.2 Å². The number of rotatable bonds is 4. The van der Waals surface area contributed by atoms with Crippen molar-refractivity contribution in [3.63, 3.8) is 0 Å². The first kappa shape index (κ1) is 13.7. The third kappa shape index (κ3) is 3.55. The molecule has 6 nitrogen and oxygen atoms in total. The van der Waals surface area contributed by atoms with Crippen LogP contribution in [-0.2, 0) is 10.0 Å². The smallest absolute Gasteiger partial charge is 0.257 e. The Morgan fingerprint density at radius 1 is 1.47 bits per heavy atom. The second-order valence-electron chi connectivity index (χ2n) is 3.23. The first-order valence-corrected chi connectivity index (χ1v) is 6.48. The van der Waals surface area contributed by atoms with Crippen LogP contribution in [0.1, 0.15) is 5.56 Å². The topological polar surface area (TPSA) is 93.5 Å². The van der Waals surface area contributed by atoms with Crippen LogP contribution in [-0.4, -0.2) is 20.6 Å². The molecule has 0 amide bonds. The Bertz CT molecular complexity index is 528. The summed E-state index contributed by atoms with van der Waals surface area (Å²) >= 11 is 4.50. The van der Waals surface area contributed by atoms with Gasteiger partial charge in [-0.1, -0.05) is 0 Å². The van der Waals surface area contributed by atoms with Crippen molar-refractivity contribution in [3.8, 4) is 5.75 Å². The second-order valence-corrected chi connectivity index (χ2v) is 5.35. The minimum atomic E-state index is -3.69. The van der Waals surface area contributed by atoms with Gasteiger partial charge in [-0.2, -0.15) is 0 Å². The zero-order valence-corrected chi connectivity index (χ0v) is 11.0. The van der Waals surface area contributed by atoms with Gasteiger partial charge in [0.1, 0.15) is 5.75 Å². The van der Waals surface area contributed by atoms with Crippen LogP contribution in [0.25, 0.3) is 0 Å². The van der Waals surface area contributed by atoms with Crippen molar-refractivity contribution >= 4 is 27.4 Å². The number of sulfonamides is 1. The standard InChI is InChI=1S/C9H13N3O3S2/c1-6-5-7(3-4-8(6)15-2)17(13,14)12-11-9(10)16/h3-5,12H,1-2H3,(H3,10,11,16). The summed E-state index contributed by atoms with van der Waals surface area (Å²) in [6, 6.07) is 4.49. The van der Waals surface area contributed by atoms with E-state index in [0.29, 0.717) is 11.3 Å². The maximum atomic E-state index is 11.8. The third-order valence-corrected chi connectivity index (χ3v) is 3.33. The van der Waals surface area contributed by atoms with Gasteiger partial charge in [0.05, 0.1) is 12.0 Å². The molecule has 0 aliphatic carbocycles. The summed E-state index contributed by atoms with van der Waals surface area (Å²) in [5, 5.41) is -0.154. The number of hydrogen-bond acceptors (Lipinski definition) is 4. The number of thiocarbonyl (C=S) groups is 1. The average molecular weight is 275 g/mol. The van der Waals surface area contributed by atoms with Gasteiger partial charge in [0.15, 0.2) is 5.11 Å². The number of nitrogens with one attached hydrogen (secondary N) is 2. The molecular formula is C9H13N3O3S2. The minimum absolute atomic E-state index is 0.0968. The monoisotopic (exact) mass is 275 g/mol. The molecule has 0 heterocycles. The Kier molecular flexibility index (Phi) is 4.27. The zero-order valence-electron chi connectivity index (χ0n) is 9.35. The maximum Gasteiger partial charge on any atom is 0.257 e. The van der Waals surface area contributed by atoms with Crippen LogP contribution >= 0.6 is 12.2 Å². The highest BCUT2D eigenvalue weighted by molar-refractivity contribution is 7.89. The molecule has 0 saturated carbocycles. The van der Waals surface area contributed by atoms with Crippen LogP contribution in [0.5, 0.6) is 5.75 Å². The van der Waals surface area contributed by atoms with E-state index in [4.69, 9.17) is 10.5 Å². The molecule has 1 aromatic carbocycles. The number of aryl methyl sites for hydroxylation is 1. The molecule has 0 saturated heterocycles. The van der Waals surface area contributed by atoms with E-state index in [9.17, 15) is 8.42 Å². The lowest BCUT2D eigenvalue weighted by molar-refractivity contribution is 0.411. The summed E-state index contributed by atoms with van der Waals surface area (Å²) in [5.74, 6) is 0.617. The molecule has 0 atom stereocenters. The lowest BCUT2D eigenvalue weighted by Crippen LogP contribution is -2.44. The fourth-order valence-corrected chi connectivity index (χ4v) is 2.25. The van der Waals surface area contributed by atoms with Crippen molar-refractivity contribution in [1.82, 2.24) is 10.3 Å². The average Bonchev–Trinajstić information content (AvgIpc) is 2.26. The van der Waals surface area contributed by atoms with E-state index in [2.05, 4.69) is 22.5 Å². The molecule has 0 unspecified atom stereocenters. The zero-order chi connectivity index (χ0) is 13.1. The van der Waals surface area contributed by atoms with Crippen molar-refractivity contribution in [2.24, 2.45) is 5.73 Å². The van der Waals surface area contributed by atoms with Crippen LogP contribution in [0.15, 0.2) is 23.1 Å². The maximum absolute atomic E-state index is 11.8. The molecule has 1 aromatic rings. The van der Waals surface area contributed by atoms with E-state index < -0.39 is 10.0 Å². The van der Waals surface area contributed by atoms with Crippen LogP contribution in [0, 0.1) is 6.92 Å². The highest BCUT2D eigenvalue weighted by atomic mass is 32.2. The Hall–Kier alpha value is -1.38. The fourth-order valence-electron chi connectivity index (χ4n) is 1.19. The molecule has 0 aromatic heterocycles. The van der Waals surface area contributed by atoms with Gasteiger partial charge in [0.25, 0.3) is 10.0 Å². The van der Waals surface area contributed by atoms with Crippen molar-refractivity contribution in [2.45, 2.75) is 11.8 Å². The van der Waals surface area contributed by atoms with Gasteiger partial charge >= 0.3 is 0 Å². The fraction of sp³-hybridized carbons (Fsp3) is 0.222. The molecule has 0 aliphatic rings. The first-order chi connectivity index (χ1) is 7.86. The minimum Gasteiger partial charge on any atom is -0.496 e. The van der Waals surface area contributed by atoms with Gasteiger partial charge < -0.3 is 10.5 Å². The van der Waals surface area contributed by atoms with Gasteiger partial charge in [-0.3, -0.25) is 5.43 Å². The van der Waals surface area contributed by atoms with E-state index in [1.807, 2.05) is 0 Å². The van der Waals surface area contributed by atoms with Gasteiger partial charge in [-0.15, -0.1) is 4.83 Å². The number of benzene rings is 1. The lowest BCUT2D eigenvalue weighted by Gasteiger charge is -2.10. The molecule has 17 heavy (non-hydrogen) atoms. The van der Waals surface area contributed by atoms with Crippen molar-refractivity contribution in [1.29, 1.82) is 0 Å². The third-order valence-electron chi connectivity index (χ3n) is 1.99. The van der Waals surface area contributed by atoms with E-state index in [0.717, 1.165) is 0 Å². The highest BCUT2D eigenvalue weighted by Crippen LogP contribution is 2.20. The quantitative estimate of drug-likeness (QED) is 0.530. The predicted molar refractivity (Wildman–Crippen MR) is 68.0 cm³/mol. The van der Waals surface area contributed by atoms with Gasteiger partial charge in [0, 0.05) is 0 Å². The summed E-state index contributed by atoms with van der Waals surface area (Å²) in [7, 11) is -2.17. The summed E-state index contributed by atoms with van der Waals surface area (Å²) in [5.41, 5.74) is 8.01. The molecule has 8 heteroatoms. The van der Waals surface area contributed by atoms with E-state index in [-0.39, 0.29) is 10.0 Å². The molecule has 0 fully saturated rings. The summed E-state index contributed by atoms with van der Waals surface area (Å²) in [4.78, 5) is 2.15. The van der Waals surface area contributed by atoms with Gasteiger partial charge in [0.2, 0.25) is 0 Å². The molecule has 0 bridgehead atoms. The summed E-state index contributed by atoms with van der Waals surface area (Å²) < 4.78 is 28.6. The second kappa shape index (κ2) is 5.30. The summed E-state index contributed by atoms with van der Waals surface area (Å²) in [6.45, 7) is 1.75. The first-order valence-electron chi connectivity index (χ1n) is 4.58. The molecule has 94 valence electrons. The molecule has 4 N–H and O–H groups in total. The van der Waals surface area contributed by atoms with E-state index >= 15 is 0 Å². The highest BCUT2D eigenvalue weighted by Gasteiger charge is 2.14. The van der Waals surface area contributed by atoms with Crippen molar-refractivity contribution in [3.05, 3.63) is 23.8 Å². The van der Waals surface area contributed by atoms with Gasteiger partial charge in [-0.05, 0) is 42.9 Å². The number of ether oxygens (including phenoxy) is 1. The molecule has 1 rings (SSSR count). The lowest BCUT2D eigenvalue weighted by atomic mass is 10.2. The largest absolute Gasteiger partial charge is 0.496 e. The molecule has 0 radical (unpaired) electrons. The Balaban J connectivity index is 2.99. The molecule has 0 spiro atoms. The van der Waals surface area contributed by atoms with Crippen LogP contribution < -0.4 is 20.7 Å². The SMILES string of the molecule is COc1ccc(S(=O)(=O)NNC(N)=S)cc1C. The summed E-state index contributed by atoms with van der Waals surface area (Å²) in [6.07, 6.45) is 0. The Labute approximate surface area is 105 Å². The number of hydrogen-bond donors (Lipinski definition) is 3. The van der Waals surface area contributed by atoms with Gasteiger partial charge in [-0.25, -0.2) is 8.42 Å². The van der Waals surface area contributed by atoms with Crippen molar-refractivity contribution < 1.29 is 13.2 Å². The van der Waals surface area contributed by atoms with Crippen LogP contribution in [0.2, 0.25) is 0 Å².